The lowest BCUT2D eigenvalue weighted by molar-refractivity contribution is -0.127. The molecule has 0 saturated carbocycles. The third-order valence-corrected chi connectivity index (χ3v) is 5.97. The zero-order chi connectivity index (χ0) is 23.1. The molecule has 1 aliphatic heterocycles. The first kappa shape index (κ1) is 23.7. The average Bonchev–Trinajstić information content (AvgIpc) is 2.79. The highest BCUT2D eigenvalue weighted by atomic mass is 19.1. The Labute approximate surface area is 189 Å². The molecule has 1 aliphatic rings. The number of piperidine rings is 1. The quantitative estimate of drug-likeness (QED) is 0.663. The number of rotatable bonds is 8. The minimum atomic E-state index is -0.256. The van der Waals surface area contributed by atoms with E-state index in [4.69, 9.17) is 0 Å². The molecule has 2 aromatic carbocycles. The summed E-state index contributed by atoms with van der Waals surface area (Å²) in [6.45, 7) is 4.31. The van der Waals surface area contributed by atoms with Crippen molar-refractivity contribution in [1.29, 1.82) is 0 Å². The van der Waals surface area contributed by atoms with Crippen molar-refractivity contribution < 1.29 is 14.0 Å². The maximum atomic E-state index is 13.6. The van der Waals surface area contributed by atoms with Gasteiger partial charge in [0.1, 0.15) is 5.82 Å². The molecule has 172 valence electrons. The maximum absolute atomic E-state index is 13.6. The van der Waals surface area contributed by atoms with Gasteiger partial charge in [-0.3, -0.25) is 14.5 Å². The number of aryl methyl sites for hydroxylation is 1. The van der Waals surface area contributed by atoms with Crippen molar-refractivity contribution in [2.75, 3.05) is 38.6 Å². The molecule has 0 spiro atoms. The molecule has 2 N–H and O–H groups in total. The first-order chi connectivity index (χ1) is 15.3. The lowest BCUT2D eigenvalue weighted by atomic mass is 9.95. The van der Waals surface area contributed by atoms with Gasteiger partial charge in [-0.05, 0) is 67.7 Å². The molecule has 0 radical (unpaired) electrons. The van der Waals surface area contributed by atoms with E-state index in [1.165, 1.54) is 6.07 Å². The highest BCUT2D eigenvalue weighted by molar-refractivity contribution is 5.79. The third-order valence-electron chi connectivity index (χ3n) is 5.97. The highest BCUT2D eigenvalue weighted by Crippen LogP contribution is 2.18. The maximum Gasteiger partial charge on any atom is 0.234 e. The first-order valence-corrected chi connectivity index (χ1v) is 11.1. The Hall–Kier alpha value is -2.93. The van der Waals surface area contributed by atoms with Crippen molar-refractivity contribution in [2.45, 2.75) is 32.9 Å². The van der Waals surface area contributed by atoms with Crippen LogP contribution in [-0.2, 0) is 22.7 Å². The van der Waals surface area contributed by atoms with E-state index >= 15 is 0 Å². The number of hydrogen-bond donors (Lipinski definition) is 2. The number of hydrogen-bond acceptors (Lipinski definition) is 4. The molecular weight excluding hydrogens is 407 g/mol. The largest absolute Gasteiger partial charge is 0.378 e. The van der Waals surface area contributed by atoms with E-state index < -0.39 is 0 Å². The van der Waals surface area contributed by atoms with Crippen LogP contribution in [-0.4, -0.2) is 50.4 Å². The Morgan fingerprint density at radius 1 is 1.00 bits per heavy atom. The molecule has 1 heterocycles. The van der Waals surface area contributed by atoms with E-state index in [1.807, 2.05) is 49.3 Å². The molecule has 0 atom stereocenters. The van der Waals surface area contributed by atoms with Gasteiger partial charge in [0.05, 0.1) is 6.54 Å². The summed E-state index contributed by atoms with van der Waals surface area (Å²) in [5, 5.41) is 5.89. The molecule has 0 unspecified atom stereocenters. The zero-order valence-electron chi connectivity index (χ0n) is 19.2. The number of nitrogens with zero attached hydrogens (tertiary/aromatic N) is 2. The summed E-state index contributed by atoms with van der Waals surface area (Å²) in [5.74, 6) is -0.337. The summed E-state index contributed by atoms with van der Waals surface area (Å²) in [6, 6.07) is 13.1. The molecule has 0 aliphatic carbocycles. The van der Waals surface area contributed by atoms with Crippen LogP contribution in [0.4, 0.5) is 10.1 Å². The molecule has 32 heavy (non-hydrogen) atoms. The molecular formula is C25H33FN4O2. The molecule has 6 nitrogen and oxygen atoms in total. The van der Waals surface area contributed by atoms with Crippen molar-refractivity contribution in [3.63, 3.8) is 0 Å². The van der Waals surface area contributed by atoms with Crippen molar-refractivity contribution in [2.24, 2.45) is 5.92 Å². The summed E-state index contributed by atoms with van der Waals surface area (Å²) in [5.41, 5.74) is 3.54. The number of anilines is 1. The summed E-state index contributed by atoms with van der Waals surface area (Å²) in [7, 11) is 3.99. The number of carbonyl (C=O) groups excluding carboxylic acids is 2. The number of halogens is 1. The Morgan fingerprint density at radius 3 is 2.25 bits per heavy atom. The molecule has 2 amide bonds. The van der Waals surface area contributed by atoms with Crippen LogP contribution in [0.1, 0.15) is 29.5 Å². The van der Waals surface area contributed by atoms with E-state index in [-0.39, 0.29) is 23.5 Å². The number of benzene rings is 2. The normalized spacial score (nSPS) is 14.8. The van der Waals surface area contributed by atoms with Gasteiger partial charge in [-0.1, -0.05) is 24.3 Å². The minimum absolute atomic E-state index is 0.00347. The fourth-order valence-corrected chi connectivity index (χ4v) is 3.80. The summed E-state index contributed by atoms with van der Waals surface area (Å²) < 4.78 is 13.6. The van der Waals surface area contributed by atoms with Gasteiger partial charge in [0.15, 0.2) is 0 Å². The highest BCUT2D eigenvalue weighted by Gasteiger charge is 2.25. The van der Waals surface area contributed by atoms with E-state index in [0.717, 1.165) is 16.8 Å². The van der Waals surface area contributed by atoms with Crippen molar-refractivity contribution in [3.8, 4) is 0 Å². The second-order valence-electron chi connectivity index (χ2n) is 8.69. The predicted octanol–water partition coefficient (Wildman–Crippen LogP) is 2.84. The van der Waals surface area contributed by atoms with E-state index in [9.17, 15) is 14.0 Å². The smallest absolute Gasteiger partial charge is 0.234 e. The lowest BCUT2D eigenvalue weighted by Crippen LogP contribution is -2.44. The topological polar surface area (TPSA) is 64.7 Å². The summed E-state index contributed by atoms with van der Waals surface area (Å²) >= 11 is 0. The Balaban J connectivity index is 1.36. The predicted molar refractivity (Wildman–Crippen MR) is 125 cm³/mol. The fourth-order valence-electron chi connectivity index (χ4n) is 3.80. The molecule has 1 fully saturated rings. The van der Waals surface area contributed by atoms with Gasteiger partial charge in [0.2, 0.25) is 11.8 Å². The molecule has 0 bridgehead atoms. The molecule has 7 heteroatoms. The van der Waals surface area contributed by atoms with Crippen molar-refractivity contribution >= 4 is 17.5 Å². The number of amides is 2. The Bertz CT molecular complexity index is 922. The van der Waals surface area contributed by atoms with Crippen LogP contribution in [0.5, 0.6) is 0 Å². The van der Waals surface area contributed by atoms with Gasteiger partial charge >= 0.3 is 0 Å². The lowest BCUT2D eigenvalue weighted by Gasteiger charge is -2.30. The summed E-state index contributed by atoms with van der Waals surface area (Å²) in [4.78, 5) is 28.9. The molecule has 2 aromatic rings. The Kier molecular flexibility index (Phi) is 8.22. The third kappa shape index (κ3) is 6.79. The van der Waals surface area contributed by atoms with Crippen LogP contribution in [0.15, 0.2) is 42.5 Å². The van der Waals surface area contributed by atoms with Gasteiger partial charge in [-0.25, -0.2) is 4.39 Å². The van der Waals surface area contributed by atoms with Gasteiger partial charge in [0.25, 0.3) is 0 Å². The van der Waals surface area contributed by atoms with Gasteiger partial charge in [0, 0.05) is 38.8 Å². The minimum Gasteiger partial charge on any atom is -0.378 e. The summed E-state index contributed by atoms with van der Waals surface area (Å²) in [6.07, 6.45) is 1.43. The first-order valence-electron chi connectivity index (χ1n) is 11.1. The van der Waals surface area contributed by atoms with Crippen LogP contribution in [0.25, 0.3) is 0 Å². The molecule has 3 rings (SSSR count). The van der Waals surface area contributed by atoms with Gasteiger partial charge in [-0.15, -0.1) is 0 Å². The van der Waals surface area contributed by atoms with Crippen molar-refractivity contribution in [1.82, 2.24) is 15.5 Å². The van der Waals surface area contributed by atoms with Gasteiger partial charge in [-0.2, -0.15) is 0 Å². The average molecular weight is 441 g/mol. The van der Waals surface area contributed by atoms with Crippen LogP contribution < -0.4 is 15.5 Å². The van der Waals surface area contributed by atoms with Crippen LogP contribution >= 0.6 is 0 Å². The number of likely N-dealkylation sites (tertiary alicyclic amines) is 1. The van der Waals surface area contributed by atoms with Crippen LogP contribution in [0.3, 0.4) is 0 Å². The van der Waals surface area contributed by atoms with Crippen LogP contribution in [0, 0.1) is 18.7 Å². The van der Waals surface area contributed by atoms with Crippen molar-refractivity contribution in [3.05, 3.63) is 65.0 Å². The van der Waals surface area contributed by atoms with E-state index in [1.54, 1.807) is 13.0 Å². The SMILES string of the molecule is Cc1ccc(CNC(=O)C2CCN(CC(=O)NCc3ccc(N(C)C)cc3)CC2)cc1F. The molecule has 1 saturated heterocycles. The molecule has 0 aromatic heterocycles. The van der Waals surface area contributed by atoms with Gasteiger partial charge < -0.3 is 15.5 Å². The standard InChI is InChI=1S/C25H33FN4O2/c1-18-4-5-20(14-23(18)26)16-28-25(32)21-10-12-30(13-11-21)17-24(31)27-15-19-6-8-22(9-7-19)29(2)3/h4-9,14,21H,10-13,15-17H2,1-3H3,(H,27,31)(H,28,32). The monoisotopic (exact) mass is 440 g/mol. The van der Waals surface area contributed by atoms with E-state index in [0.29, 0.717) is 51.1 Å². The Morgan fingerprint density at radius 2 is 1.62 bits per heavy atom. The second-order valence-corrected chi connectivity index (χ2v) is 8.69. The fraction of sp³-hybridized carbons (Fsp3) is 0.440. The van der Waals surface area contributed by atoms with E-state index in [2.05, 4.69) is 15.5 Å². The second kappa shape index (κ2) is 11.1. The van der Waals surface area contributed by atoms with Crippen LogP contribution in [0.2, 0.25) is 0 Å². The number of nitrogens with one attached hydrogen (secondary N) is 2. The zero-order valence-corrected chi connectivity index (χ0v) is 19.2. The number of carbonyl (C=O) groups is 2.